The van der Waals surface area contributed by atoms with E-state index in [1.807, 2.05) is 0 Å². The largest absolute Gasteiger partial charge is 0.508 e. The summed E-state index contributed by atoms with van der Waals surface area (Å²) in [4.78, 5) is 30.5. The molecule has 10 nitrogen and oxygen atoms in total. The number of aromatic hydroxyl groups is 1. The first-order chi connectivity index (χ1) is 11.0. The van der Waals surface area contributed by atoms with Crippen LogP contribution in [0.5, 0.6) is 5.75 Å². The predicted octanol–water partition coefficient (Wildman–Crippen LogP) is -0.864. The topological polar surface area (TPSA) is 199 Å². The first kappa shape index (κ1) is 21.3. The Labute approximate surface area is 136 Å². The van der Waals surface area contributed by atoms with E-state index in [2.05, 4.69) is 0 Å². The van der Waals surface area contributed by atoms with Crippen LogP contribution in [0.25, 0.3) is 0 Å². The molecule has 0 aliphatic heterocycles. The number of aliphatic hydroxyl groups is 2. The molecule has 0 bridgehead atoms. The van der Waals surface area contributed by atoms with Crippen LogP contribution in [0, 0.1) is 0 Å². The van der Waals surface area contributed by atoms with Gasteiger partial charge in [-0.05, 0) is 17.7 Å². The lowest BCUT2D eigenvalue weighted by atomic mass is 9.96. The van der Waals surface area contributed by atoms with Gasteiger partial charge in [0.15, 0.2) is 5.60 Å². The Morgan fingerprint density at radius 3 is 1.92 bits per heavy atom. The molecule has 0 amide bonds. The van der Waals surface area contributed by atoms with Gasteiger partial charge in [0.1, 0.15) is 5.75 Å². The van der Waals surface area contributed by atoms with E-state index >= 15 is 0 Å². The zero-order chi connectivity index (χ0) is 18.9. The van der Waals surface area contributed by atoms with Crippen molar-refractivity contribution in [3.63, 3.8) is 0 Å². The van der Waals surface area contributed by atoms with Gasteiger partial charge in [-0.3, -0.25) is 9.59 Å². The fourth-order valence-corrected chi connectivity index (χ4v) is 1.58. The number of phenols is 1. The summed E-state index contributed by atoms with van der Waals surface area (Å²) in [5.41, 5.74) is 3.13. The standard InChI is InChI=1S/C8H11NO2.C6H8O7/c9-5-8(11)6-2-1-3-7(10)4-6;7-3(8)1-6(13,5(11)12)2-4(9)10/h1-4,8,10-11H,5,9H2;13H,1-2H2,(H,7,8)(H,9,10)(H,11,12). The van der Waals surface area contributed by atoms with Crippen molar-refractivity contribution in [3.8, 4) is 5.75 Å². The lowest BCUT2D eigenvalue weighted by molar-refractivity contribution is -0.170. The summed E-state index contributed by atoms with van der Waals surface area (Å²) < 4.78 is 0. The molecule has 1 aromatic carbocycles. The molecule has 8 N–H and O–H groups in total. The fraction of sp³-hybridized carbons (Fsp3) is 0.357. The van der Waals surface area contributed by atoms with Crippen LogP contribution in [0.1, 0.15) is 24.5 Å². The number of nitrogens with two attached hydrogens (primary N) is 1. The van der Waals surface area contributed by atoms with Gasteiger partial charge in [-0.1, -0.05) is 12.1 Å². The van der Waals surface area contributed by atoms with Crippen molar-refractivity contribution in [2.75, 3.05) is 6.54 Å². The number of carboxylic acids is 3. The summed E-state index contributed by atoms with van der Waals surface area (Å²) in [5.74, 6) is -4.87. The third-order valence-electron chi connectivity index (χ3n) is 2.76. The van der Waals surface area contributed by atoms with Crippen LogP contribution in [0.4, 0.5) is 0 Å². The summed E-state index contributed by atoms with van der Waals surface area (Å²) in [5, 5.41) is 52.0. The molecule has 1 atom stereocenters. The first-order valence-corrected chi connectivity index (χ1v) is 6.58. The van der Waals surface area contributed by atoms with Crippen molar-refractivity contribution >= 4 is 17.9 Å². The summed E-state index contributed by atoms with van der Waals surface area (Å²) in [7, 11) is 0. The van der Waals surface area contributed by atoms with E-state index < -0.39 is 42.5 Å². The van der Waals surface area contributed by atoms with E-state index in [4.69, 9.17) is 31.3 Å². The number of aliphatic hydroxyl groups excluding tert-OH is 1. The molecule has 0 spiro atoms. The predicted molar refractivity (Wildman–Crippen MR) is 79.2 cm³/mol. The van der Waals surface area contributed by atoms with Crippen molar-refractivity contribution in [1.82, 2.24) is 0 Å². The second-order valence-corrected chi connectivity index (χ2v) is 4.82. The Morgan fingerprint density at radius 1 is 1.08 bits per heavy atom. The van der Waals surface area contributed by atoms with Crippen LogP contribution >= 0.6 is 0 Å². The Balaban J connectivity index is 0.000000446. The highest BCUT2D eigenvalue weighted by molar-refractivity contribution is 5.88. The molecule has 0 aliphatic rings. The highest BCUT2D eigenvalue weighted by Crippen LogP contribution is 2.17. The molecule has 10 heteroatoms. The zero-order valence-corrected chi connectivity index (χ0v) is 12.5. The van der Waals surface area contributed by atoms with Crippen LogP contribution in [-0.4, -0.2) is 60.7 Å². The minimum absolute atomic E-state index is 0.148. The molecule has 0 saturated carbocycles. The zero-order valence-electron chi connectivity index (χ0n) is 12.5. The van der Waals surface area contributed by atoms with Gasteiger partial charge in [0.25, 0.3) is 0 Å². The van der Waals surface area contributed by atoms with E-state index in [0.717, 1.165) is 0 Å². The second kappa shape index (κ2) is 9.45. The number of hydrogen-bond acceptors (Lipinski definition) is 7. The molecule has 0 radical (unpaired) electrons. The van der Waals surface area contributed by atoms with E-state index in [0.29, 0.717) is 5.56 Å². The van der Waals surface area contributed by atoms with Crippen LogP contribution in [0.2, 0.25) is 0 Å². The minimum Gasteiger partial charge on any atom is -0.508 e. The lowest BCUT2D eigenvalue weighted by Crippen LogP contribution is -2.42. The number of hydrogen-bond donors (Lipinski definition) is 7. The highest BCUT2D eigenvalue weighted by Gasteiger charge is 2.40. The quantitative estimate of drug-likeness (QED) is 0.326. The third kappa shape index (κ3) is 7.54. The SMILES string of the molecule is NCC(O)c1cccc(O)c1.O=C(O)CC(O)(CC(=O)O)C(=O)O. The molecular weight excluding hydrogens is 326 g/mol. The molecule has 0 saturated heterocycles. The maximum atomic E-state index is 10.3. The molecule has 0 fully saturated rings. The van der Waals surface area contributed by atoms with E-state index in [9.17, 15) is 19.5 Å². The van der Waals surface area contributed by atoms with Crippen LogP contribution in [0.3, 0.4) is 0 Å². The van der Waals surface area contributed by atoms with Crippen molar-refractivity contribution in [1.29, 1.82) is 0 Å². The van der Waals surface area contributed by atoms with Crippen molar-refractivity contribution in [3.05, 3.63) is 29.8 Å². The van der Waals surface area contributed by atoms with E-state index in [1.54, 1.807) is 18.2 Å². The summed E-state index contributed by atoms with van der Waals surface area (Å²) in [6.07, 6.45) is -2.97. The molecule has 1 aromatic rings. The van der Waals surface area contributed by atoms with Crippen LogP contribution < -0.4 is 5.73 Å². The van der Waals surface area contributed by atoms with Gasteiger partial charge >= 0.3 is 17.9 Å². The third-order valence-corrected chi connectivity index (χ3v) is 2.76. The van der Waals surface area contributed by atoms with Crippen LogP contribution in [0.15, 0.2) is 24.3 Å². The van der Waals surface area contributed by atoms with Gasteiger partial charge in [0.05, 0.1) is 18.9 Å². The average Bonchev–Trinajstić information content (AvgIpc) is 2.45. The van der Waals surface area contributed by atoms with Crippen molar-refractivity contribution in [2.24, 2.45) is 5.73 Å². The molecule has 1 unspecified atom stereocenters. The Kier molecular flexibility index (Phi) is 8.39. The highest BCUT2D eigenvalue weighted by atomic mass is 16.4. The normalized spacial score (nSPS) is 11.8. The van der Waals surface area contributed by atoms with Gasteiger partial charge in [0, 0.05) is 6.54 Å². The molecule has 0 heterocycles. The van der Waals surface area contributed by atoms with Gasteiger partial charge in [-0.25, -0.2) is 4.79 Å². The number of benzene rings is 1. The maximum Gasteiger partial charge on any atom is 0.336 e. The molecule has 0 aliphatic carbocycles. The van der Waals surface area contributed by atoms with Gasteiger partial charge in [-0.15, -0.1) is 0 Å². The second-order valence-electron chi connectivity index (χ2n) is 4.82. The summed E-state index contributed by atoms with van der Waals surface area (Å²) in [6.45, 7) is 0.170. The monoisotopic (exact) mass is 345 g/mol. The Morgan fingerprint density at radius 2 is 1.58 bits per heavy atom. The number of rotatable bonds is 7. The molecular formula is C14H19NO9. The number of phenolic OH excluding ortho intramolecular Hbond substituents is 1. The summed E-state index contributed by atoms with van der Waals surface area (Å²) in [6, 6.07) is 6.44. The lowest BCUT2D eigenvalue weighted by Gasteiger charge is -2.18. The van der Waals surface area contributed by atoms with Gasteiger partial charge < -0.3 is 36.4 Å². The van der Waals surface area contributed by atoms with Gasteiger partial charge in [0.2, 0.25) is 0 Å². The maximum absolute atomic E-state index is 10.3. The molecule has 0 aromatic heterocycles. The van der Waals surface area contributed by atoms with E-state index in [1.165, 1.54) is 6.07 Å². The Bertz CT molecular complexity index is 571. The van der Waals surface area contributed by atoms with Crippen molar-refractivity contribution in [2.45, 2.75) is 24.5 Å². The average molecular weight is 345 g/mol. The van der Waals surface area contributed by atoms with Crippen molar-refractivity contribution < 1.29 is 45.0 Å². The minimum atomic E-state index is -2.74. The number of carbonyl (C=O) groups is 3. The number of aliphatic carboxylic acids is 3. The first-order valence-electron chi connectivity index (χ1n) is 6.58. The van der Waals surface area contributed by atoms with Gasteiger partial charge in [-0.2, -0.15) is 0 Å². The smallest absolute Gasteiger partial charge is 0.336 e. The fourth-order valence-electron chi connectivity index (χ4n) is 1.58. The van der Waals surface area contributed by atoms with E-state index in [-0.39, 0.29) is 12.3 Å². The molecule has 1 rings (SSSR count). The van der Waals surface area contributed by atoms with Crippen LogP contribution in [-0.2, 0) is 14.4 Å². The summed E-state index contributed by atoms with van der Waals surface area (Å²) >= 11 is 0. The Hall–Kier alpha value is -2.69. The molecule has 24 heavy (non-hydrogen) atoms. The number of carboxylic acid groups (broad SMARTS) is 3. The molecule has 134 valence electrons.